The van der Waals surface area contributed by atoms with E-state index in [4.69, 9.17) is 44.9 Å². The van der Waals surface area contributed by atoms with Crippen LogP contribution in [0.5, 0.6) is 0 Å². The van der Waals surface area contributed by atoms with Crippen molar-refractivity contribution in [2.75, 3.05) is 4.90 Å². The van der Waals surface area contributed by atoms with E-state index in [1.165, 1.54) is 0 Å². The molecule has 4 aromatic rings. The standard InChI is InChI=1S/C30H20Cl3N5O/c1-18-25-28(38(35-18)20-12-6-3-7-13-20)34-27-23(32)16-22(31)26(33)37(27)30(25)21-14-8-9-15-24(21)36(29(30)39)17-19-10-4-2-5-11-19/h2-16H,17H2,1H3/t30-/m1/s1. The van der Waals surface area contributed by atoms with Gasteiger partial charge in [-0.1, -0.05) is 102 Å². The first-order valence-corrected chi connectivity index (χ1v) is 13.5. The molecule has 0 bridgehead atoms. The number of aromatic nitrogens is 2. The molecule has 3 aromatic carbocycles. The predicted molar refractivity (Wildman–Crippen MR) is 155 cm³/mol. The Balaban J connectivity index is 1.56. The predicted octanol–water partition coefficient (Wildman–Crippen LogP) is 7.10. The Kier molecular flexibility index (Phi) is 5.49. The zero-order valence-corrected chi connectivity index (χ0v) is 22.9. The number of anilines is 1. The number of allylic oxidation sites excluding steroid dienone is 2. The highest BCUT2D eigenvalue weighted by Gasteiger charge is 2.63. The van der Waals surface area contributed by atoms with Crippen molar-refractivity contribution in [3.8, 4) is 5.69 Å². The number of fused-ring (bicyclic) bond motifs is 6. The van der Waals surface area contributed by atoms with Crippen molar-refractivity contribution in [3.63, 3.8) is 0 Å². The molecule has 0 radical (unpaired) electrons. The van der Waals surface area contributed by atoms with E-state index in [2.05, 4.69) is 0 Å². The molecule has 6 nitrogen and oxygen atoms in total. The summed E-state index contributed by atoms with van der Waals surface area (Å²) in [5, 5.41) is 5.55. The molecule has 1 aromatic heterocycles. The second-order valence-corrected chi connectivity index (χ2v) is 10.7. The largest absolute Gasteiger partial charge is 0.305 e. The molecule has 7 rings (SSSR count). The smallest absolute Gasteiger partial charge is 0.263 e. The monoisotopic (exact) mass is 571 g/mol. The summed E-state index contributed by atoms with van der Waals surface area (Å²) >= 11 is 20.3. The quantitative estimate of drug-likeness (QED) is 0.246. The van der Waals surface area contributed by atoms with Gasteiger partial charge < -0.3 is 4.90 Å². The van der Waals surface area contributed by atoms with E-state index in [1.54, 1.807) is 20.6 Å². The van der Waals surface area contributed by atoms with Crippen LogP contribution in [0, 0.1) is 6.92 Å². The van der Waals surface area contributed by atoms with Gasteiger partial charge in [-0.15, -0.1) is 0 Å². The normalized spacial score (nSPS) is 19.6. The highest BCUT2D eigenvalue weighted by Crippen LogP contribution is 2.57. The number of aliphatic imine (C=N–C) groups is 1. The van der Waals surface area contributed by atoms with Crippen LogP contribution in [0.4, 0.5) is 11.5 Å². The Hall–Kier alpha value is -3.84. The Morgan fingerprint density at radius 2 is 1.54 bits per heavy atom. The van der Waals surface area contributed by atoms with E-state index in [0.29, 0.717) is 29.5 Å². The van der Waals surface area contributed by atoms with Crippen LogP contribution in [-0.4, -0.2) is 26.4 Å². The first-order valence-electron chi connectivity index (χ1n) is 12.4. The number of halogens is 3. The lowest BCUT2D eigenvalue weighted by Gasteiger charge is -2.45. The molecule has 3 aliphatic rings. The summed E-state index contributed by atoms with van der Waals surface area (Å²) in [6, 6.07) is 27.3. The van der Waals surface area contributed by atoms with Gasteiger partial charge in [0, 0.05) is 5.56 Å². The number of aryl methyl sites for hydroxylation is 1. The van der Waals surface area contributed by atoms with Gasteiger partial charge in [0.05, 0.1) is 39.2 Å². The molecule has 1 amide bonds. The van der Waals surface area contributed by atoms with Crippen molar-refractivity contribution in [2.24, 2.45) is 4.99 Å². The molecule has 0 aliphatic carbocycles. The first kappa shape index (κ1) is 24.2. The number of carbonyl (C=O) groups is 1. The van der Waals surface area contributed by atoms with Crippen LogP contribution < -0.4 is 4.90 Å². The van der Waals surface area contributed by atoms with Gasteiger partial charge >= 0.3 is 0 Å². The maximum absolute atomic E-state index is 15.0. The third kappa shape index (κ3) is 3.32. The molecular weight excluding hydrogens is 553 g/mol. The van der Waals surface area contributed by atoms with Crippen molar-refractivity contribution < 1.29 is 4.79 Å². The number of hydrogen-bond donors (Lipinski definition) is 0. The Morgan fingerprint density at radius 3 is 2.28 bits per heavy atom. The summed E-state index contributed by atoms with van der Waals surface area (Å²) in [5.41, 5.74) is 3.19. The van der Waals surface area contributed by atoms with Gasteiger partial charge in [0.25, 0.3) is 5.91 Å². The molecule has 192 valence electrons. The molecule has 0 fully saturated rings. The average Bonchev–Trinajstić information content (AvgIpc) is 3.41. The van der Waals surface area contributed by atoms with Gasteiger partial charge in [-0.2, -0.15) is 5.10 Å². The van der Waals surface area contributed by atoms with E-state index >= 15 is 4.79 Å². The minimum atomic E-state index is -1.43. The van der Waals surface area contributed by atoms with Crippen molar-refractivity contribution in [1.82, 2.24) is 14.7 Å². The van der Waals surface area contributed by atoms with Crippen LogP contribution in [-0.2, 0) is 16.9 Å². The number of amidine groups is 1. The van der Waals surface area contributed by atoms with Crippen LogP contribution in [0.2, 0.25) is 0 Å². The number of nitrogens with zero attached hydrogens (tertiary/aromatic N) is 5. The zero-order valence-electron chi connectivity index (χ0n) is 20.6. The van der Waals surface area contributed by atoms with Crippen molar-refractivity contribution in [2.45, 2.75) is 19.0 Å². The lowest BCUT2D eigenvalue weighted by atomic mass is 9.80. The van der Waals surface area contributed by atoms with E-state index < -0.39 is 5.54 Å². The van der Waals surface area contributed by atoms with Crippen molar-refractivity contribution in [3.05, 3.63) is 129 Å². The summed E-state index contributed by atoms with van der Waals surface area (Å²) in [5.74, 6) is 0.662. The number of amides is 1. The van der Waals surface area contributed by atoms with E-state index in [0.717, 1.165) is 22.5 Å². The Labute approximate surface area is 240 Å². The minimum absolute atomic E-state index is 0.169. The van der Waals surface area contributed by atoms with Crippen LogP contribution in [0.3, 0.4) is 0 Å². The van der Waals surface area contributed by atoms with Crippen LogP contribution in [0.15, 0.2) is 111 Å². The number of para-hydroxylation sites is 2. The van der Waals surface area contributed by atoms with Crippen LogP contribution >= 0.6 is 34.8 Å². The summed E-state index contributed by atoms with van der Waals surface area (Å²) in [6.07, 6.45) is 1.56. The molecule has 0 unspecified atom stereocenters. The van der Waals surface area contributed by atoms with E-state index in [1.807, 2.05) is 91.9 Å². The lowest BCUT2D eigenvalue weighted by Crippen LogP contribution is -2.57. The van der Waals surface area contributed by atoms with Crippen molar-refractivity contribution >= 4 is 58.1 Å². The van der Waals surface area contributed by atoms with Gasteiger partial charge in [-0.05, 0) is 36.8 Å². The van der Waals surface area contributed by atoms with E-state index in [-0.39, 0.29) is 21.1 Å². The number of carbonyl (C=O) groups excluding carboxylic acids is 1. The summed E-state index contributed by atoms with van der Waals surface area (Å²) in [6.45, 7) is 2.26. The fraction of sp³-hybridized carbons (Fsp3) is 0.100. The highest BCUT2D eigenvalue weighted by molar-refractivity contribution is 6.49. The molecule has 1 atom stereocenters. The first-order chi connectivity index (χ1) is 18.9. The van der Waals surface area contributed by atoms with Crippen LogP contribution in [0.25, 0.3) is 5.69 Å². The topological polar surface area (TPSA) is 53.7 Å². The minimum Gasteiger partial charge on any atom is -0.305 e. The number of rotatable bonds is 3. The maximum atomic E-state index is 15.0. The molecule has 3 aliphatic heterocycles. The van der Waals surface area contributed by atoms with E-state index in [9.17, 15) is 0 Å². The Morgan fingerprint density at radius 1 is 0.872 bits per heavy atom. The molecule has 39 heavy (non-hydrogen) atoms. The van der Waals surface area contributed by atoms with Gasteiger partial charge in [0.15, 0.2) is 17.2 Å². The molecule has 4 heterocycles. The molecule has 1 spiro atoms. The maximum Gasteiger partial charge on any atom is 0.263 e. The highest BCUT2D eigenvalue weighted by atomic mass is 35.5. The second kappa shape index (κ2) is 8.85. The third-order valence-electron chi connectivity index (χ3n) is 7.34. The fourth-order valence-electron chi connectivity index (χ4n) is 5.77. The lowest BCUT2D eigenvalue weighted by molar-refractivity contribution is -0.125. The fourth-order valence-corrected chi connectivity index (χ4v) is 6.52. The van der Waals surface area contributed by atoms with Crippen molar-refractivity contribution in [1.29, 1.82) is 0 Å². The molecule has 0 N–H and O–H groups in total. The summed E-state index contributed by atoms with van der Waals surface area (Å²) < 4.78 is 1.75. The molecular formula is C30H20Cl3N5O. The van der Waals surface area contributed by atoms with Gasteiger partial charge in [0.2, 0.25) is 0 Å². The molecule has 0 saturated heterocycles. The molecule has 9 heteroatoms. The summed E-state index contributed by atoms with van der Waals surface area (Å²) in [4.78, 5) is 23.5. The van der Waals surface area contributed by atoms with Gasteiger partial charge in [0.1, 0.15) is 5.16 Å². The second-order valence-electron chi connectivity index (χ2n) is 9.54. The van der Waals surface area contributed by atoms with Crippen LogP contribution in [0.1, 0.15) is 22.4 Å². The zero-order chi connectivity index (χ0) is 26.9. The Bertz CT molecular complexity index is 1760. The number of hydrogen-bond acceptors (Lipinski definition) is 4. The molecule has 0 saturated carbocycles. The SMILES string of the molecule is Cc1nn(-c2ccccc2)c2c1[C@]1(C(=O)N(Cc3ccccc3)c3ccccc31)N1C(=N2)C(Cl)=CC(Cl)=C1Cl. The van der Waals surface area contributed by atoms with Gasteiger partial charge in [-0.25, -0.2) is 9.67 Å². The average molecular weight is 573 g/mol. The van der Waals surface area contributed by atoms with Gasteiger partial charge in [-0.3, -0.25) is 9.69 Å². The third-order valence-corrected chi connectivity index (χ3v) is 8.38. The summed E-state index contributed by atoms with van der Waals surface area (Å²) in [7, 11) is 0. The number of benzene rings is 3.